The third-order valence-electron chi connectivity index (χ3n) is 6.76. The molecule has 0 radical (unpaired) electrons. The predicted octanol–water partition coefficient (Wildman–Crippen LogP) is 3.17. The van der Waals surface area contributed by atoms with Crippen LogP contribution in [0.3, 0.4) is 0 Å². The van der Waals surface area contributed by atoms with Crippen molar-refractivity contribution in [2.75, 3.05) is 6.54 Å². The second kappa shape index (κ2) is 15.2. The van der Waals surface area contributed by atoms with E-state index in [-0.39, 0.29) is 29.8 Å². The molecule has 1 fully saturated rings. The van der Waals surface area contributed by atoms with Gasteiger partial charge in [0.2, 0.25) is 22.8 Å². The topological polar surface area (TPSA) is 133 Å². The molecule has 3 amide bonds. The summed E-state index contributed by atoms with van der Waals surface area (Å²) >= 11 is 1.15. The Hall–Kier alpha value is -3.66. The second-order valence-electron chi connectivity index (χ2n) is 10.2. The zero-order valence-corrected chi connectivity index (χ0v) is 23.7. The van der Waals surface area contributed by atoms with E-state index in [9.17, 15) is 24.0 Å². The van der Waals surface area contributed by atoms with Gasteiger partial charge in [0.25, 0.3) is 0 Å². The molecule has 1 saturated heterocycles. The molecule has 0 saturated carbocycles. The fourth-order valence-electron chi connectivity index (χ4n) is 4.60. The zero-order valence-electron chi connectivity index (χ0n) is 22.9. The molecule has 0 aromatic heterocycles. The zero-order chi connectivity index (χ0) is 29.1. The van der Waals surface area contributed by atoms with Crippen LogP contribution in [0.4, 0.5) is 0 Å². The molecular weight excluding hydrogens is 530 g/mol. The van der Waals surface area contributed by atoms with E-state index in [1.165, 1.54) is 4.90 Å². The normalized spacial score (nSPS) is 16.3. The van der Waals surface area contributed by atoms with Gasteiger partial charge >= 0.3 is 5.97 Å². The van der Waals surface area contributed by atoms with Gasteiger partial charge in [-0.3, -0.25) is 24.0 Å². The first-order valence-corrected chi connectivity index (χ1v) is 14.5. The van der Waals surface area contributed by atoms with Gasteiger partial charge in [-0.05, 0) is 29.9 Å². The highest BCUT2D eigenvalue weighted by molar-refractivity contribution is 8.13. The summed E-state index contributed by atoms with van der Waals surface area (Å²) in [7, 11) is 0. The van der Waals surface area contributed by atoms with Crippen molar-refractivity contribution in [2.45, 2.75) is 69.8 Å². The SMILES string of the molecule is CC(C)[C@H](NC(=O)CCC(=O)O)C(=O)N1CCC[C@H]1C(=O)N[C@@H](Cc1ccccc1)C(=O)SCc1ccccc1. The minimum atomic E-state index is -1.10. The molecule has 0 unspecified atom stereocenters. The number of aliphatic carboxylic acids is 1. The molecular formula is C30H37N3O6S. The highest BCUT2D eigenvalue weighted by atomic mass is 32.2. The first-order chi connectivity index (χ1) is 19.2. The maximum atomic E-state index is 13.5. The van der Waals surface area contributed by atoms with Crippen LogP contribution in [0, 0.1) is 5.92 Å². The Bertz CT molecular complexity index is 1170. The molecule has 0 aliphatic carbocycles. The molecule has 40 heavy (non-hydrogen) atoms. The van der Waals surface area contributed by atoms with Gasteiger partial charge in [-0.15, -0.1) is 0 Å². The van der Waals surface area contributed by atoms with E-state index >= 15 is 0 Å². The summed E-state index contributed by atoms with van der Waals surface area (Å²) in [5.74, 6) is -2.21. The van der Waals surface area contributed by atoms with E-state index in [2.05, 4.69) is 10.6 Å². The van der Waals surface area contributed by atoms with Crippen molar-refractivity contribution < 1.29 is 29.1 Å². The molecule has 0 bridgehead atoms. The number of hydrogen-bond donors (Lipinski definition) is 3. The fraction of sp³-hybridized carbons (Fsp3) is 0.433. The summed E-state index contributed by atoms with van der Waals surface area (Å²) in [6.45, 7) is 3.92. The molecule has 1 aliphatic heterocycles. The van der Waals surface area contributed by atoms with Crippen molar-refractivity contribution in [2.24, 2.45) is 5.92 Å². The van der Waals surface area contributed by atoms with Crippen LogP contribution in [-0.4, -0.2) is 63.5 Å². The Balaban J connectivity index is 1.70. The lowest BCUT2D eigenvalue weighted by Gasteiger charge is -2.31. The molecule has 0 spiro atoms. The standard InChI is InChI=1S/C30H37N3O6S/c1-20(2)27(32-25(34)15-16-26(35)36)29(38)33-17-9-14-24(33)28(37)31-23(18-21-10-5-3-6-11-21)30(39)40-19-22-12-7-4-8-13-22/h3-8,10-13,20,23-24,27H,9,14-19H2,1-2H3,(H,31,37)(H,32,34)(H,35,36)/t23-,24-,27-/m0/s1. The lowest BCUT2D eigenvalue weighted by atomic mass is 10.0. The molecule has 1 heterocycles. The molecule has 2 aromatic carbocycles. The summed E-state index contributed by atoms with van der Waals surface area (Å²) in [4.78, 5) is 64.9. The lowest BCUT2D eigenvalue weighted by Crippen LogP contribution is -2.56. The number of carbonyl (C=O) groups is 5. The Kier molecular flexibility index (Phi) is 11.7. The van der Waals surface area contributed by atoms with E-state index < -0.39 is 35.9 Å². The third-order valence-corrected chi connectivity index (χ3v) is 7.81. The van der Waals surface area contributed by atoms with Gasteiger partial charge in [0.05, 0.1) is 6.42 Å². The van der Waals surface area contributed by atoms with Crippen LogP contribution in [0.5, 0.6) is 0 Å². The van der Waals surface area contributed by atoms with Gasteiger partial charge in [0, 0.05) is 25.1 Å². The van der Waals surface area contributed by atoms with Crippen molar-refractivity contribution in [3.05, 3.63) is 71.8 Å². The summed E-state index contributed by atoms with van der Waals surface area (Å²) < 4.78 is 0. The molecule has 3 rings (SSSR count). The number of likely N-dealkylation sites (tertiary alicyclic amines) is 1. The number of rotatable bonds is 13. The van der Waals surface area contributed by atoms with Crippen LogP contribution in [0.2, 0.25) is 0 Å². The number of amides is 3. The largest absolute Gasteiger partial charge is 0.481 e. The summed E-state index contributed by atoms with van der Waals surface area (Å²) in [6, 6.07) is 16.6. The van der Waals surface area contributed by atoms with Gasteiger partial charge in [-0.25, -0.2) is 0 Å². The van der Waals surface area contributed by atoms with Gasteiger partial charge in [0.1, 0.15) is 18.1 Å². The highest BCUT2D eigenvalue weighted by Crippen LogP contribution is 2.22. The number of nitrogens with zero attached hydrogens (tertiary/aromatic N) is 1. The number of carboxylic acids is 1. The molecule has 9 nitrogen and oxygen atoms in total. The third kappa shape index (κ3) is 9.22. The Morgan fingerprint density at radius 2 is 1.55 bits per heavy atom. The first-order valence-electron chi connectivity index (χ1n) is 13.5. The number of hydrogen-bond acceptors (Lipinski definition) is 6. The van der Waals surface area contributed by atoms with E-state index in [0.29, 0.717) is 31.6 Å². The molecule has 3 atom stereocenters. The van der Waals surface area contributed by atoms with Gasteiger partial charge in [-0.2, -0.15) is 0 Å². The minimum absolute atomic E-state index is 0.164. The number of carbonyl (C=O) groups excluding carboxylic acids is 4. The first kappa shape index (κ1) is 30.9. The quantitative estimate of drug-likeness (QED) is 0.339. The van der Waals surface area contributed by atoms with Gasteiger partial charge < -0.3 is 20.6 Å². The Labute approximate surface area is 239 Å². The molecule has 3 N–H and O–H groups in total. The Morgan fingerprint density at radius 3 is 2.15 bits per heavy atom. The number of carboxylic acid groups (broad SMARTS) is 1. The summed E-state index contributed by atoms with van der Waals surface area (Å²) in [5, 5.41) is 14.3. The van der Waals surface area contributed by atoms with Gasteiger partial charge in [-0.1, -0.05) is 86.3 Å². The van der Waals surface area contributed by atoms with Crippen molar-refractivity contribution in [3.8, 4) is 0 Å². The van der Waals surface area contributed by atoms with Crippen LogP contribution >= 0.6 is 11.8 Å². The van der Waals surface area contributed by atoms with Gasteiger partial charge in [0.15, 0.2) is 0 Å². The smallest absolute Gasteiger partial charge is 0.303 e. The van der Waals surface area contributed by atoms with E-state index in [1.807, 2.05) is 60.7 Å². The average molecular weight is 568 g/mol. The van der Waals surface area contributed by atoms with E-state index in [0.717, 1.165) is 22.9 Å². The van der Waals surface area contributed by atoms with Crippen LogP contribution in [0.1, 0.15) is 50.7 Å². The summed E-state index contributed by atoms with van der Waals surface area (Å²) in [6.07, 6.45) is 0.806. The van der Waals surface area contributed by atoms with Crippen LogP contribution < -0.4 is 10.6 Å². The van der Waals surface area contributed by atoms with E-state index in [1.54, 1.807) is 13.8 Å². The average Bonchev–Trinajstić information content (AvgIpc) is 3.44. The number of benzene rings is 2. The van der Waals surface area contributed by atoms with E-state index in [4.69, 9.17) is 5.11 Å². The molecule has 2 aromatic rings. The molecule has 10 heteroatoms. The maximum absolute atomic E-state index is 13.5. The number of thioether (sulfide) groups is 1. The van der Waals surface area contributed by atoms with Crippen molar-refractivity contribution >= 4 is 40.6 Å². The van der Waals surface area contributed by atoms with Crippen LogP contribution in [-0.2, 0) is 36.1 Å². The second-order valence-corrected chi connectivity index (χ2v) is 11.2. The number of nitrogens with one attached hydrogen (secondary N) is 2. The Morgan fingerprint density at radius 1 is 0.925 bits per heavy atom. The fourth-order valence-corrected chi connectivity index (χ4v) is 5.45. The highest BCUT2D eigenvalue weighted by Gasteiger charge is 2.39. The van der Waals surface area contributed by atoms with Crippen LogP contribution in [0.25, 0.3) is 0 Å². The monoisotopic (exact) mass is 567 g/mol. The predicted molar refractivity (Wildman–Crippen MR) is 153 cm³/mol. The maximum Gasteiger partial charge on any atom is 0.303 e. The van der Waals surface area contributed by atoms with Crippen molar-refractivity contribution in [1.82, 2.24) is 15.5 Å². The minimum Gasteiger partial charge on any atom is -0.481 e. The molecule has 1 aliphatic rings. The molecule has 214 valence electrons. The summed E-state index contributed by atoms with van der Waals surface area (Å²) in [5.41, 5.74) is 1.91. The lowest BCUT2D eigenvalue weighted by molar-refractivity contribution is -0.143. The van der Waals surface area contributed by atoms with Crippen molar-refractivity contribution in [1.29, 1.82) is 0 Å². The van der Waals surface area contributed by atoms with Crippen LogP contribution in [0.15, 0.2) is 60.7 Å². The van der Waals surface area contributed by atoms with Crippen molar-refractivity contribution in [3.63, 3.8) is 0 Å².